The van der Waals surface area contributed by atoms with Crippen LogP contribution in [0.1, 0.15) is 24.0 Å². The molecule has 2 N–H and O–H groups in total. The Kier molecular flexibility index (Phi) is 4.46. The molecule has 0 atom stereocenters. The normalized spacial score (nSPS) is 13.3. The van der Waals surface area contributed by atoms with Crippen molar-refractivity contribution in [3.8, 4) is 0 Å². The van der Waals surface area contributed by atoms with Gasteiger partial charge in [0.05, 0.1) is 11.4 Å². The van der Waals surface area contributed by atoms with Crippen LogP contribution in [0.2, 0.25) is 5.02 Å². The predicted octanol–water partition coefficient (Wildman–Crippen LogP) is 3.84. The molecule has 0 fully saturated rings. The summed E-state index contributed by atoms with van der Waals surface area (Å²) >= 11 is 6.17. The molecule has 0 spiro atoms. The van der Waals surface area contributed by atoms with Crippen molar-refractivity contribution < 1.29 is 4.79 Å². The summed E-state index contributed by atoms with van der Waals surface area (Å²) in [6.45, 7) is 0.517. The van der Waals surface area contributed by atoms with Gasteiger partial charge < -0.3 is 5.73 Å². The summed E-state index contributed by atoms with van der Waals surface area (Å²) in [5, 5.41) is 0.648. The fraction of sp³-hybridized carbons (Fsp3) is 0.278. The zero-order chi connectivity index (χ0) is 15.5. The number of benzene rings is 2. The number of para-hydroxylation sites is 1. The number of hydrogen-bond acceptors (Lipinski definition) is 2. The largest absolute Gasteiger partial charge is 0.330 e. The van der Waals surface area contributed by atoms with Crippen LogP contribution < -0.4 is 10.6 Å². The number of carbonyl (C=O) groups is 1. The number of aryl methyl sites for hydroxylation is 2. The van der Waals surface area contributed by atoms with E-state index in [4.69, 9.17) is 17.3 Å². The lowest BCUT2D eigenvalue weighted by atomic mass is 10.0. The molecule has 1 aliphatic rings. The lowest BCUT2D eigenvalue weighted by Crippen LogP contribution is -2.27. The average Bonchev–Trinajstić information content (AvgIpc) is 2.69. The third kappa shape index (κ3) is 2.87. The number of nitrogens with zero attached hydrogens (tertiary/aromatic N) is 1. The minimum Gasteiger partial charge on any atom is -0.330 e. The minimum atomic E-state index is 0.0725. The molecule has 114 valence electrons. The molecule has 0 saturated heterocycles. The Morgan fingerprint density at radius 2 is 1.82 bits per heavy atom. The van der Waals surface area contributed by atoms with E-state index in [0.717, 1.165) is 29.8 Å². The van der Waals surface area contributed by atoms with Crippen LogP contribution in [-0.4, -0.2) is 12.5 Å². The van der Waals surface area contributed by atoms with Crippen molar-refractivity contribution in [2.45, 2.75) is 25.7 Å². The molecule has 0 saturated carbocycles. The number of carbonyl (C=O) groups excluding carboxylic acids is 1. The standard InChI is InChI=1S/C18H19ClN2O/c19-15-10-9-14-8-7-13-4-1-2-5-16(13)21(17(14)12-15)18(22)6-3-11-20/h1-2,4-5,9-10,12H,3,6-8,11,20H2. The fourth-order valence-corrected chi connectivity index (χ4v) is 3.10. The monoisotopic (exact) mass is 314 g/mol. The molecule has 3 nitrogen and oxygen atoms in total. The average molecular weight is 315 g/mol. The number of nitrogens with two attached hydrogens (primary N) is 1. The summed E-state index contributed by atoms with van der Waals surface area (Å²) in [5.41, 5.74) is 9.77. The van der Waals surface area contributed by atoms with Gasteiger partial charge in [-0.2, -0.15) is 0 Å². The summed E-state index contributed by atoms with van der Waals surface area (Å²) in [4.78, 5) is 14.6. The first-order valence-corrected chi connectivity index (χ1v) is 7.98. The second-order valence-electron chi connectivity index (χ2n) is 5.52. The maximum Gasteiger partial charge on any atom is 0.231 e. The quantitative estimate of drug-likeness (QED) is 0.935. The summed E-state index contributed by atoms with van der Waals surface area (Å²) in [6, 6.07) is 13.9. The second kappa shape index (κ2) is 6.51. The van der Waals surface area contributed by atoms with E-state index in [-0.39, 0.29) is 5.91 Å². The number of halogens is 1. The molecular weight excluding hydrogens is 296 g/mol. The van der Waals surface area contributed by atoms with Gasteiger partial charge >= 0.3 is 0 Å². The molecule has 0 bridgehead atoms. The minimum absolute atomic E-state index is 0.0725. The number of amides is 1. The molecule has 0 radical (unpaired) electrons. The van der Waals surface area contributed by atoms with Gasteiger partial charge in [0, 0.05) is 11.4 Å². The smallest absolute Gasteiger partial charge is 0.231 e. The first-order chi connectivity index (χ1) is 10.7. The second-order valence-corrected chi connectivity index (χ2v) is 5.96. The van der Waals surface area contributed by atoms with E-state index in [1.54, 1.807) is 0 Å². The van der Waals surface area contributed by atoms with Gasteiger partial charge in [0.15, 0.2) is 0 Å². The van der Waals surface area contributed by atoms with E-state index in [9.17, 15) is 4.79 Å². The van der Waals surface area contributed by atoms with Crippen LogP contribution in [-0.2, 0) is 17.6 Å². The maximum absolute atomic E-state index is 12.8. The highest BCUT2D eigenvalue weighted by molar-refractivity contribution is 6.31. The summed E-state index contributed by atoms with van der Waals surface area (Å²) in [6.07, 6.45) is 2.96. The van der Waals surface area contributed by atoms with Crippen LogP contribution in [0.5, 0.6) is 0 Å². The van der Waals surface area contributed by atoms with E-state index in [1.165, 1.54) is 5.56 Å². The molecule has 1 amide bonds. The first kappa shape index (κ1) is 15.1. The number of hydrogen-bond donors (Lipinski definition) is 1. The summed E-state index contributed by atoms with van der Waals surface area (Å²) in [5.74, 6) is 0.0725. The van der Waals surface area contributed by atoms with Gasteiger partial charge in [0.25, 0.3) is 0 Å². The molecule has 1 heterocycles. The van der Waals surface area contributed by atoms with Gasteiger partial charge in [-0.1, -0.05) is 35.9 Å². The molecule has 4 heteroatoms. The zero-order valence-electron chi connectivity index (χ0n) is 12.4. The molecule has 0 aliphatic carbocycles. The topological polar surface area (TPSA) is 46.3 Å². The Bertz CT molecular complexity index is 699. The van der Waals surface area contributed by atoms with Crippen LogP contribution in [0.4, 0.5) is 11.4 Å². The van der Waals surface area contributed by atoms with Crippen molar-refractivity contribution in [3.05, 3.63) is 58.6 Å². The summed E-state index contributed by atoms with van der Waals surface area (Å²) < 4.78 is 0. The van der Waals surface area contributed by atoms with Crippen LogP contribution in [0.3, 0.4) is 0 Å². The lowest BCUT2D eigenvalue weighted by Gasteiger charge is -2.25. The van der Waals surface area contributed by atoms with Gasteiger partial charge in [-0.3, -0.25) is 9.69 Å². The Balaban J connectivity index is 2.12. The molecule has 0 aromatic heterocycles. The number of anilines is 2. The van der Waals surface area contributed by atoms with E-state index >= 15 is 0 Å². The third-order valence-electron chi connectivity index (χ3n) is 4.03. The fourth-order valence-electron chi connectivity index (χ4n) is 2.93. The van der Waals surface area contributed by atoms with Crippen LogP contribution in [0.15, 0.2) is 42.5 Å². The van der Waals surface area contributed by atoms with E-state index in [2.05, 4.69) is 6.07 Å². The first-order valence-electron chi connectivity index (χ1n) is 7.60. The Labute approximate surface area is 135 Å². The molecule has 1 aliphatic heterocycles. The third-order valence-corrected chi connectivity index (χ3v) is 4.26. The van der Waals surface area contributed by atoms with Crippen molar-refractivity contribution in [3.63, 3.8) is 0 Å². The van der Waals surface area contributed by atoms with Gasteiger partial charge in [-0.05, 0) is 55.1 Å². The van der Waals surface area contributed by atoms with Crippen LogP contribution in [0, 0.1) is 0 Å². The van der Waals surface area contributed by atoms with Crippen molar-refractivity contribution >= 4 is 28.9 Å². The van der Waals surface area contributed by atoms with Crippen molar-refractivity contribution in [1.82, 2.24) is 0 Å². The number of rotatable bonds is 3. The van der Waals surface area contributed by atoms with E-state index < -0.39 is 0 Å². The maximum atomic E-state index is 12.8. The molecule has 0 unspecified atom stereocenters. The van der Waals surface area contributed by atoms with Crippen LogP contribution >= 0.6 is 11.6 Å². The van der Waals surface area contributed by atoms with E-state index in [1.807, 2.05) is 41.3 Å². The predicted molar refractivity (Wildman–Crippen MR) is 90.7 cm³/mol. The molecule has 2 aromatic rings. The van der Waals surface area contributed by atoms with Gasteiger partial charge in [0.2, 0.25) is 5.91 Å². The molecule has 22 heavy (non-hydrogen) atoms. The van der Waals surface area contributed by atoms with Gasteiger partial charge in [-0.15, -0.1) is 0 Å². The molecule has 3 rings (SSSR count). The van der Waals surface area contributed by atoms with Gasteiger partial charge in [0.1, 0.15) is 0 Å². The zero-order valence-corrected chi connectivity index (χ0v) is 13.1. The summed E-state index contributed by atoms with van der Waals surface area (Å²) in [7, 11) is 0. The van der Waals surface area contributed by atoms with Crippen molar-refractivity contribution in [2.75, 3.05) is 11.4 Å². The van der Waals surface area contributed by atoms with Gasteiger partial charge in [-0.25, -0.2) is 0 Å². The Morgan fingerprint density at radius 3 is 2.59 bits per heavy atom. The highest BCUT2D eigenvalue weighted by atomic mass is 35.5. The lowest BCUT2D eigenvalue weighted by molar-refractivity contribution is -0.118. The SMILES string of the molecule is NCCCC(=O)N1c2ccccc2CCc2ccc(Cl)cc21. The molecular formula is C18H19ClN2O. The van der Waals surface area contributed by atoms with Crippen molar-refractivity contribution in [1.29, 1.82) is 0 Å². The number of fused-ring (bicyclic) bond motifs is 2. The highest BCUT2D eigenvalue weighted by Gasteiger charge is 2.25. The Hall–Kier alpha value is -1.84. The highest BCUT2D eigenvalue weighted by Crippen LogP contribution is 2.37. The van der Waals surface area contributed by atoms with E-state index in [0.29, 0.717) is 24.4 Å². The van der Waals surface area contributed by atoms with Crippen molar-refractivity contribution in [2.24, 2.45) is 5.73 Å². The molecule has 2 aromatic carbocycles. The Morgan fingerprint density at radius 1 is 1.09 bits per heavy atom. The van der Waals surface area contributed by atoms with Crippen LogP contribution in [0.25, 0.3) is 0 Å².